The number of aliphatic imine (C=N–C) groups is 2. The minimum atomic E-state index is 0.767. The molecule has 0 bridgehead atoms. The number of hydrogen-bond acceptors (Lipinski definition) is 6. The number of halogens is 1. The van der Waals surface area contributed by atoms with Crippen LogP contribution in [-0.2, 0) is 6.54 Å². The molecule has 0 aromatic heterocycles. The number of amidine groups is 2. The van der Waals surface area contributed by atoms with Crippen LogP contribution in [0.4, 0.5) is 5.69 Å². The Bertz CT molecular complexity index is 684. The van der Waals surface area contributed by atoms with Gasteiger partial charge in [-0.1, -0.05) is 35.1 Å². The van der Waals surface area contributed by atoms with E-state index in [2.05, 4.69) is 20.6 Å². The number of benzene rings is 1. The Morgan fingerprint density at radius 3 is 3.24 bits per heavy atom. The van der Waals surface area contributed by atoms with Crippen molar-refractivity contribution in [3.05, 3.63) is 39.9 Å². The van der Waals surface area contributed by atoms with Crippen molar-refractivity contribution in [1.29, 1.82) is 0 Å². The number of hydrogen-bond donors (Lipinski definition) is 1. The maximum atomic E-state index is 6.09. The molecule has 0 atom stereocenters. The lowest BCUT2D eigenvalue weighted by atomic mass is 10.1. The summed E-state index contributed by atoms with van der Waals surface area (Å²) in [6.45, 7) is 2.69. The molecule has 3 heterocycles. The van der Waals surface area contributed by atoms with Gasteiger partial charge in [-0.15, -0.1) is 0 Å². The van der Waals surface area contributed by atoms with Crippen molar-refractivity contribution in [3.8, 4) is 0 Å². The largest absolute Gasteiger partial charge is 0.363 e. The quantitative estimate of drug-likeness (QED) is 0.898. The molecule has 4 rings (SSSR count). The minimum Gasteiger partial charge on any atom is -0.363 e. The van der Waals surface area contributed by atoms with Crippen LogP contribution in [0.15, 0.2) is 39.3 Å². The van der Waals surface area contributed by atoms with E-state index in [1.807, 2.05) is 18.2 Å². The predicted molar refractivity (Wildman–Crippen MR) is 92.5 cm³/mol. The summed E-state index contributed by atoms with van der Waals surface area (Å²) < 4.78 is 0. The average Bonchev–Trinajstić information content (AvgIpc) is 3.12. The van der Waals surface area contributed by atoms with Crippen LogP contribution in [0.1, 0.15) is 5.56 Å². The van der Waals surface area contributed by atoms with Gasteiger partial charge in [0.25, 0.3) is 0 Å². The van der Waals surface area contributed by atoms with Gasteiger partial charge in [0.1, 0.15) is 0 Å². The van der Waals surface area contributed by atoms with Crippen LogP contribution in [0.5, 0.6) is 0 Å². The molecule has 1 aromatic carbocycles. The highest BCUT2D eigenvalue weighted by atomic mass is 35.5. The second kappa shape index (κ2) is 5.59. The van der Waals surface area contributed by atoms with Crippen molar-refractivity contribution < 1.29 is 0 Å². The first kappa shape index (κ1) is 13.5. The highest BCUT2D eigenvalue weighted by Gasteiger charge is 2.28. The highest BCUT2D eigenvalue weighted by Crippen LogP contribution is 2.38. The van der Waals surface area contributed by atoms with Crippen molar-refractivity contribution >= 4 is 51.1 Å². The molecule has 21 heavy (non-hydrogen) atoms. The summed E-state index contributed by atoms with van der Waals surface area (Å²) >= 11 is 9.54. The lowest BCUT2D eigenvalue weighted by molar-refractivity contribution is 0.519. The molecule has 0 radical (unpaired) electrons. The second-order valence-electron chi connectivity index (χ2n) is 4.88. The lowest BCUT2D eigenvalue weighted by Gasteiger charge is -2.27. The van der Waals surface area contributed by atoms with E-state index in [-0.39, 0.29) is 0 Å². The van der Waals surface area contributed by atoms with E-state index >= 15 is 0 Å². The molecule has 3 aliphatic heterocycles. The first-order valence-electron chi connectivity index (χ1n) is 6.71. The predicted octanol–water partition coefficient (Wildman–Crippen LogP) is 3.42. The molecule has 1 N–H and O–H groups in total. The molecule has 4 nitrogen and oxygen atoms in total. The molecule has 3 aliphatic rings. The standard InChI is InChI=1S/C14H13ClN4S2/c15-10-1-2-12-9(5-10)6-19-11(8-21-14(19)18-12)7-20-13-16-3-4-17-13/h1-2,5,8H,3-4,6-7H2,(H,16,17). The third kappa shape index (κ3) is 2.67. The van der Waals surface area contributed by atoms with Gasteiger partial charge in [-0.2, -0.15) is 0 Å². The number of rotatable bonds is 2. The third-order valence-electron chi connectivity index (χ3n) is 3.46. The fourth-order valence-electron chi connectivity index (χ4n) is 2.42. The number of nitrogens with zero attached hydrogens (tertiary/aromatic N) is 3. The van der Waals surface area contributed by atoms with E-state index in [0.29, 0.717) is 0 Å². The molecule has 0 unspecified atom stereocenters. The molecule has 0 amide bonds. The van der Waals surface area contributed by atoms with Crippen molar-refractivity contribution in [1.82, 2.24) is 10.2 Å². The molecular formula is C14H13ClN4S2. The zero-order valence-corrected chi connectivity index (χ0v) is 13.6. The van der Waals surface area contributed by atoms with E-state index in [4.69, 9.17) is 16.6 Å². The van der Waals surface area contributed by atoms with E-state index < -0.39 is 0 Å². The smallest absolute Gasteiger partial charge is 0.173 e. The van der Waals surface area contributed by atoms with Crippen molar-refractivity contribution in [3.63, 3.8) is 0 Å². The first-order chi connectivity index (χ1) is 10.3. The van der Waals surface area contributed by atoms with E-state index in [0.717, 1.165) is 46.4 Å². The molecular weight excluding hydrogens is 324 g/mol. The van der Waals surface area contributed by atoms with Crippen LogP contribution in [0, 0.1) is 0 Å². The van der Waals surface area contributed by atoms with Crippen molar-refractivity contribution in [2.75, 3.05) is 18.8 Å². The molecule has 7 heteroatoms. The van der Waals surface area contributed by atoms with Crippen LogP contribution in [0.3, 0.4) is 0 Å². The van der Waals surface area contributed by atoms with Gasteiger partial charge in [-0.3, -0.25) is 4.99 Å². The second-order valence-corrected chi connectivity index (χ2v) is 7.12. The average molecular weight is 337 g/mol. The topological polar surface area (TPSA) is 40.0 Å². The van der Waals surface area contributed by atoms with Crippen molar-refractivity contribution in [2.24, 2.45) is 9.98 Å². The maximum Gasteiger partial charge on any atom is 0.173 e. The summed E-state index contributed by atoms with van der Waals surface area (Å²) in [5.41, 5.74) is 3.49. The molecule has 1 aromatic rings. The Morgan fingerprint density at radius 2 is 2.38 bits per heavy atom. The fraction of sp³-hybridized carbons (Fsp3) is 0.286. The van der Waals surface area contributed by atoms with Crippen LogP contribution >= 0.6 is 35.1 Å². The molecule has 108 valence electrons. The van der Waals surface area contributed by atoms with Gasteiger partial charge in [0.15, 0.2) is 10.3 Å². The van der Waals surface area contributed by atoms with Gasteiger partial charge in [0.05, 0.1) is 18.8 Å². The Hall–Kier alpha value is -1.11. The fourth-order valence-corrected chi connectivity index (χ4v) is 4.54. The zero-order chi connectivity index (χ0) is 14.2. The van der Waals surface area contributed by atoms with Gasteiger partial charge in [0, 0.05) is 23.0 Å². The Labute approximate surface area is 136 Å². The summed E-state index contributed by atoms with van der Waals surface area (Å²) in [6, 6.07) is 5.90. The normalized spacial score (nSPS) is 19.5. The molecule has 0 aliphatic carbocycles. The van der Waals surface area contributed by atoms with E-state index in [9.17, 15) is 0 Å². The van der Waals surface area contributed by atoms with Crippen molar-refractivity contribution in [2.45, 2.75) is 6.54 Å². The first-order valence-corrected chi connectivity index (χ1v) is 8.95. The summed E-state index contributed by atoms with van der Waals surface area (Å²) in [5.74, 6) is 0.910. The van der Waals surface area contributed by atoms with E-state index in [1.165, 1.54) is 11.3 Å². The summed E-state index contributed by atoms with van der Waals surface area (Å²) in [5, 5.41) is 8.35. The van der Waals surface area contributed by atoms with Gasteiger partial charge in [0.2, 0.25) is 0 Å². The summed E-state index contributed by atoms with van der Waals surface area (Å²) in [7, 11) is 0. The van der Waals surface area contributed by atoms with Crippen LogP contribution in [0.25, 0.3) is 0 Å². The Kier molecular flexibility index (Phi) is 3.61. The third-order valence-corrected chi connectivity index (χ3v) is 5.60. The maximum absolute atomic E-state index is 6.09. The number of thioether (sulfide) groups is 2. The van der Waals surface area contributed by atoms with Crippen LogP contribution in [-0.4, -0.2) is 34.1 Å². The van der Waals surface area contributed by atoms with Gasteiger partial charge >= 0.3 is 0 Å². The SMILES string of the molecule is Clc1ccc2c(c1)CN1C(CSC3=NCCN3)=CSC1=N2. The Morgan fingerprint density at radius 1 is 1.43 bits per heavy atom. The molecule has 0 spiro atoms. The minimum absolute atomic E-state index is 0.767. The molecule has 0 saturated heterocycles. The van der Waals surface area contributed by atoms with Gasteiger partial charge in [-0.25, -0.2) is 4.99 Å². The van der Waals surface area contributed by atoms with Crippen LogP contribution in [0.2, 0.25) is 5.02 Å². The van der Waals surface area contributed by atoms with Gasteiger partial charge in [-0.05, 0) is 29.2 Å². The summed E-state index contributed by atoms with van der Waals surface area (Å²) in [6.07, 6.45) is 0. The number of nitrogens with one attached hydrogen (secondary N) is 1. The lowest BCUT2D eigenvalue weighted by Crippen LogP contribution is -2.28. The number of fused-ring (bicyclic) bond motifs is 2. The summed E-state index contributed by atoms with van der Waals surface area (Å²) in [4.78, 5) is 11.4. The molecule has 0 saturated carbocycles. The Balaban J connectivity index is 1.51. The monoisotopic (exact) mass is 336 g/mol. The van der Waals surface area contributed by atoms with Gasteiger partial charge < -0.3 is 10.2 Å². The molecule has 0 fully saturated rings. The van der Waals surface area contributed by atoms with E-state index in [1.54, 1.807) is 23.5 Å². The highest BCUT2D eigenvalue weighted by molar-refractivity contribution is 8.17. The van der Waals surface area contributed by atoms with Crippen LogP contribution < -0.4 is 5.32 Å². The zero-order valence-electron chi connectivity index (χ0n) is 11.2.